The average Bonchev–Trinajstić information content (AvgIpc) is 3.08. The van der Waals surface area contributed by atoms with Crippen molar-refractivity contribution in [2.45, 2.75) is 6.54 Å². The number of nitrogens with one attached hydrogen (secondary N) is 2. The minimum atomic E-state index is -0.851. The zero-order valence-corrected chi connectivity index (χ0v) is 12.6. The second-order valence-electron chi connectivity index (χ2n) is 4.86. The number of carbonyl (C=O) groups is 2. The van der Waals surface area contributed by atoms with E-state index < -0.39 is 11.8 Å². The number of rotatable bonds is 4. The second-order valence-corrected chi connectivity index (χ2v) is 4.86. The van der Waals surface area contributed by atoms with Gasteiger partial charge in [0.15, 0.2) is 11.5 Å². The molecule has 0 unspecified atom stereocenters. The summed E-state index contributed by atoms with van der Waals surface area (Å²) in [5, 5.41) is 6.23. The molecule has 0 aliphatic carbocycles. The molecule has 0 fully saturated rings. The molecule has 2 N–H and O–H groups in total. The third-order valence-electron chi connectivity index (χ3n) is 3.16. The van der Waals surface area contributed by atoms with E-state index in [1.807, 2.05) is 0 Å². The maximum absolute atomic E-state index is 11.7. The second kappa shape index (κ2) is 7.23. The average molecular weight is 326 g/mol. The van der Waals surface area contributed by atoms with Gasteiger partial charge in [-0.3, -0.25) is 14.6 Å². The molecule has 1 aliphatic heterocycles. The Balaban J connectivity index is 1.48. The Kier molecular flexibility index (Phi) is 4.66. The van der Waals surface area contributed by atoms with Crippen LogP contribution >= 0.6 is 0 Å². The van der Waals surface area contributed by atoms with Crippen LogP contribution in [0, 0.1) is 0 Å². The molecule has 0 radical (unpaired) electrons. The summed E-state index contributed by atoms with van der Waals surface area (Å²) in [7, 11) is 0. The maximum Gasteiger partial charge on any atom is 0.329 e. The van der Waals surface area contributed by atoms with Gasteiger partial charge in [0.05, 0.1) is 6.21 Å². The van der Waals surface area contributed by atoms with E-state index in [1.54, 1.807) is 42.7 Å². The molecule has 1 aromatic heterocycles. The summed E-state index contributed by atoms with van der Waals surface area (Å²) in [6.45, 7) is 0.399. The number of hydrazone groups is 1. The highest BCUT2D eigenvalue weighted by Gasteiger charge is 2.13. The topological polar surface area (TPSA) is 102 Å². The highest BCUT2D eigenvalue weighted by atomic mass is 16.7. The van der Waals surface area contributed by atoms with Crippen LogP contribution in [0.25, 0.3) is 0 Å². The molecule has 1 aromatic carbocycles. The van der Waals surface area contributed by atoms with Crippen molar-refractivity contribution in [1.82, 2.24) is 15.7 Å². The molecule has 1 aliphatic rings. The molecular weight excluding hydrogens is 312 g/mol. The highest BCUT2D eigenvalue weighted by molar-refractivity contribution is 6.35. The van der Waals surface area contributed by atoms with Gasteiger partial charge in [0.25, 0.3) is 0 Å². The largest absolute Gasteiger partial charge is 0.454 e. The van der Waals surface area contributed by atoms with E-state index in [1.165, 1.54) is 6.21 Å². The fraction of sp³-hybridized carbons (Fsp3) is 0.125. The molecule has 0 saturated carbocycles. The van der Waals surface area contributed by atoms with Gasteiger partial charge in [-0.15, -0.1) is 0 Å². The molecule has 2 amide bonds. The van der Waals surface area contributed by atoms with Crippen molar-refractivity contribution < 1.29 is 19.1 Å². The van der Waals surface area contributed by atoms with Gasteiger partial charge in [-0.2, -0.15) is 5.10 Å². The van der Waals surface area contributed by atoms with Gasteiger partial charge in [0.2, 0.25) is 6.79 Å². The van der Waals surface area contributed by atoms with Crippen LogP contribution in [0.4, 0.5) is 0 Å². The molecule has 0 saturated heterocycles. The molecule has 0 spiro atoms. The van der Waals surface area contributed by atoms with E-state index in [4.69, 9.17) is 9.47 Å². The summed E-state index contributed by atoms with van der Waals surface area (Å²) in [5.41, 5.74) is 3.66. The number of hydrogen-bond acceptors (Lipinski definition) is 6. The maximum atomic E-state index is 11.7. The number of hydrogen-bond donors (Lipinski definition) is 2. The zero-order chi connectivity index (χ0) is 16.8. The quantitative estimate of drug-likeness (QED) is 0.486. The van der Waals surface area contributed by atoms with Crippen LogP contribution in [-0.4, -0.2) is 29.8 Å². The molecule has 0 atom stereocenters. The van der Waals surface area contributed by atoms with Gasteiger partial charge in [-0.05, 0) is 35.4 Å². The monoisotopic (exact) mass is 326 g/mol. The van der Waals surface area contributed by atoms with E-state index >= 15 is 0 Å². The molecule has 24 heavy (non-hydrogen) atoms. The van der Waals surface area contributed by atoms with E-state index in [0.29, 0.717) is 17.1 Å². The SMILES string of the molecule is O=C(NCc1cccnc1)C(=O)NN=Cc1ccc2c(c1)OCO2. The van der Waals surface area contributed by atoms with Crippen LogP contribution in [0.5, 0.6) is 11.5 Å². The van der Waals surface area contributed by atoms with Gasteiger partial charge in [0, 0.05) is 18.9 Å². The first-order valence-corrected chi connectivity index (χ1v) is 7.12. The Morgan fingerprint density at radius 2 is 2.08 bits per heavy atom. The lowest BCUT2D eigenvalue weighted by atomic mass is 10.2. The van der Waals surface area contributed by atoms with Crippen LogP contribution in [0.1, 0.15) is 11.1 Å². The van der Waals surface area contributed by atoms with Crippen LogP contribution < -0.4 is 20.2 Å². The van der Waals surface area contributed by atoms with Crippen LogP contribution in [0.15, 0.2) is 47.8 Å². The highest BCUT2D eigenvalue weighted by Crippen LogP contribution is 2.31. The van der Waals surface area contributed by atoms with Crippen molar-refractivity contribution in [2.24, 2.45) is 5.10 Å². The van der Waals surface area contributed by atoms with Crippen molar-refractivity contribution in [3.05, 3.63) is 53.9 Å². The number of benzene rings is 1. The van der Waals surface area contributed by atoms with E-state index in [9.17, 15) is 9.59 Å². The molecule has 3 rings (SSSR count). The van der Waals surface area contributed by atoms with Crippen molar-refractivity contribution in [2.75, 3.05) is 6.79 Å². The van der Waals surface area contributed by atoms with Crippen LogP contribution in [0.3, 0.4) is 0 Å². The predicted molar refractivity (Wildman–Crippen MR) is 84.4 cm³/mol. The number of amides is 2. The van der Waals surface area contributed by atoms with E-state index in [0.717, 1.165) is 5.56 Å². The minimum Gasteiger partial charge on any atom is -0.454 e. The van der Waals surface area contributed by atoms with Gasteiger partial charge in [-0.1, -0.05) is 6.07 Å². The fourth-order valence-corrected chi connectivity index (χ4v) is 1.97. The van der Waals surface area contributed by atoms with Gasteiger partial charge in [-0.25, -0.2) is 5.43 Å². The zero-order valence-electron chi connectivity index (χ0n) is 12.6. The van der Waals surface area contributed by atoms with E-state index in [-0.39, 0.29) is 13.3 Å². The molecule has 0 bridgehead atoms. The minimum absolute atomic E-state index is 0.184. The first kappa shape index (κ1) is 15.5. The standard InChI is InChI=1S/C16H14N4O4/c21-15(18-8-12-2-1-5-17-7-12)16(22)20-19-9-11-3-4-13-14(6-11)24-10-23-13/h1-7,9H,8,10H2,(H,18,21)(H,20,22). The Labute approximate surface area is 137 Å². The summed E-state index contributed by atoms with van der Waals surface area (Å²) in [6, 6.07) is 8.76. The number of fused-ring (bicyclic) bond motifs is 1. The molecular formula is C16H14N4O4. The summed E-state index contributed by atoms with van der Waals surface area (Å²) in [5.74, 6) is -0.358. The number of aromatic nitrogens is 1. The smallest absolute Gasteiger partial charge is 0.329 e. The van der Waals surface area contributed by atoms with Crippen molar-refractivity contribution in [1.29, 1.82) is 0 Å². The normalized spacial score (nSPS) is 12.2. The van der Waals surface area contributed by atoms with Crippen molar-refractivity contribution in [3.8, 4) is 11.5 Å². The van der Waals surface area contributed by atoms with Gasteiger partial charge in [0.1, 0.15) is 0 Å². The van der Waals surface area contributed by atoms with E-state index in [2.05, 4.69) is 20.8 Å². The Morgan fingerprint density at radius 1 is 1.21 bits per heavy atom. The Hall–Kier alpha value is -3.42. The molecule has 8 heteroatoms. The number of carbonyl (C=O) groups excluding carboxylic acids is 2. The van der Waals surface area contributed by atoms with Gasteiger partial charge < -0.3 is 14.8 Å². The summed E-state index contributed by atoms with van der Waals surface area (Å²) in [6.07, 6.45) is 4.65. The van der Waals surface area contributed by atoms with Crippen molar-refractivity contribution in [3.63, 3.8) is 0 Å². The summed E-state index contributed by atoms with van der Waals surface area (Å²) >= 11 is 0. The lowest BCUT2D eigenvalue weighted by Gasteiger charge is -2.03. The molecule has 2 heterocycles. The Morgan fingerprint density at radius 3 is 2.92 bits per heavy atom. The Bertz CT molecular complexity index is 777. The van der Waals surface area contributed by atoms with Crippen LogP contribution in [-0.2, 0) is 16.1 Å². The number of pyridine rings is 1. The fourth-order valence-electron chi connectivity index (χ4n) is 1.97. The molecule has 8 nitrogen and oxygen atoms in total. The first-order chi connectivity index (χ1) is 11.7. The van der Waals surface area contributed by atoms with Gasteiger partial charge >= 0.3 is 11.8 Å². The van der Waals surface area contributed by atoms with Crippen LogP contribution in [0.2, 0.25) is 0 Å². The summed E-state index contributed by atoms with van der Waals surface area (Å²) < 4.78 is 10.4. The third-order valence-corrected chi connectivity index (χ3v) is 3.16. The lowest BCUT2D eigenvalue weighted by Crippen LogP contribution is -2.37. The predicted octanol–water partition coefficient (Wildman–Crippen LogP) is 0.577. The molecule has 2 aromatic rings. The van der Waals surface area contributed by atoms with Crippen molar-refractivity contribution >= 4 is 18.0 Å². The summed E-state index contributed by atoms with van der Waals surface area (Å²) in [4.78, 5) is 27.2. The third kappa shape index (κ3) is 3.86. The first-order valence-electron chi connectivity index (χ1n) is 7.12. The molecule has 122 valence electrons. The number of ether oxygens (including phenoxy) is 2. The number of nitrogens with zero attached hydrogens (tertiary/aromatic N) is 2. The lowest BCUT2D eigenvalue weighted by molar-refractivity contribution is -0.139.